The lowest BCUT2D eigenvalue weighted by atomic mass is 10.2. The Morgan fingerprint density at radius 3 is 3.00 bits per heavy atom. The highest BCUT2D eigenvalue weighted by Gasteiger charge is 2.23. The fourth-order valence-electron chi connectivity index (χ4n) is 1.29. The van der Waals surface area contributed by atoms with Crippen molar-refractivity contribution in [3.05, 3.63) is 24.0 Å². The summed E-state index contributed by atoms with van der Waals surface area (Å²) in [5.41, 5.74) is 4.10. The smallest absolute Gasteiger partial charge is 0.202 e. The topological polar surface area (TPSA) is 42.3 Å². The molecular weight excluding hydrogens is 171 g/mol. The van der Waals surface area contributed by atoms with Gasteiger partial charge in [0.2, 0.25) is 6.19 Å². The van der Waals surface area contributed by atoms with Gasteiger partial charge in [0.05, 0.1) is 11.4 Å². The van der Waals surface area contributed by atoms with Crippen molar-refractivity contribution in [2.45, 2.75) is 0 Å². The summed E-state index contributed by atoms with van der Waals surface area (Å²) in [5, 5.41) is 11.6. The molecule has 1 aliphatic heterocycles. The lowest BCUT2D eigenvalue weighted by Crippen LogP contribution is -2.34. The van der Waals surface area contributed by atoms with E-state index < -0.39 is 0 Å². The zero-order valence-electron chi connectivity index (χ0n) is 6.95. The highest BCUT2D eigenvalue weighted by molar-refractivity contribution is 5.74. The molecule has 66 valence electrons. The number of nitrogens with zero attached hydrogens (tertiary/aromatic N) is 3. The molecule has 0 bridgehead atoms. The number of hydrazine groups is 2. The third-order valence-corrected chi connectivity index (χ3v) is 1.86. The zero-order valence-corrected chi connectivity index (χ0v) is 6.95. The number of nitrogens with one attached hydrogen (secondary N) is 1. The van der Waals surface area contributed by atoms with Crippen molar-refractivity contribution in [3.63, 3.8) is 0 Å². The van der Waals surface area contributed by atoms with Crippen LogP contribution in [0.3, 0.4) is 0 Å². The highest BCUT2D eigenvalue weighted by Crippen LogP contribution is 2.32. The molecule has 0 saturated carbocycles. The maximum atomic E-state index is 12.8. The normalized spacial score (nSPS) is 15.0. The predicted molar refractivity (Wildman–Crippen MR) is 45.9 cm³/mol. The first kappa shape index (κ1) is 7.83. The fourth-order valence-corrected chi connectivity index (χ4v) is 1.29. The van der Waals surface area contributed by atoms with Crippen molar-refractivity contribution in [2.75, 3.05) is 17.5 Å². The first-order valence-electron chi connectivity index (χ1n) is 3.72. The van der Waals surface area contributed by atoms with Crippen molar-refractivity contribution in [1.82, 2.24) is 5.12 Å². The van der Waals surface area contributed by atoms with Crippen LogP contribution in [0.4, 0.5) is 15.8 Å². The van der Waals surface area contributed by atoms with Crippen LogP contribution >= 0.6 is 0 Å². The summed E-state index contributed by atoms with van der Waals surface area (Å²) in [4.78, 5) is 0. The Labute approximate surface area is 74.7 Å². The van der Waals surface area contributed by atoms with Crippen LogP contribution in [0.2, 0.25) is 0 Å². The summed E-state index contributed by atoms with van der Waals surface area (Å²) < 4.78 is 12.8. The second-order valence-corrected chi connectivity index (χ2v) is 2.71. The number of nitriles is 1. The molecule has 2 rings (SSSR count). The number of rotatable bonds is 0. The molecule has 0 aromatic heterocycles. The second-order valence-electron chi connectivity index (χ2n) is 2.71. The minimum atomic E-state index is -0.320. The molecule has 0 radical (unpaired) electrons. The van der Waals surface area contributed by atoms with Gasteiger partial charge in [-0.25, -0.2) is 4.39 Å². The number of benzene rings is 1. The van der Waals surface area contributed by atoms with Crippen molar-refractivity contribution in [1.29, 1.82) is 5.26 Å². The van der Waals surface area contributed by atoms with Crippen molar-refractivity contribution in [3.8, 4) is 6.19 Å². The molecule has 0 amide bonds. The van der Waals surface area contributed by atoms with E-state index in [4.69, 9.17) is 5.26 Å². The Hall–Kier alpha value is -1.80. The van der Waals surface area contributed by atoms with Gasteiger partial charge in [0.1, 0.15) is 5.82 Å². The lowest BCUT2D eigenvalue weighted by molar-refractivity contribution is 0.434. The van der Waals surface area contributed by atoms with Crippen LogP contribution in [0.25, 0.3) is 0 Å². The highest BCUT2D eigenvalue weighted by atomic mass is 19.1. The fraction of sp³-hybridized carbons (Fsp3) is 0.125. The van der Waals surface area contributed by atoms with Crippen molar-refractivity contribution in [2.24, 2.45) is 0 Å². The van der Waals surface area contributed by atoms with E-state index in [1.54, 1.807) is 13.1 Å². The van der Waals surface area contributed by atoms with E-state index in [0.717, 1.165) is 0 Å². The molecular formula is C8H7FN4. The second kappa shape index (κ2) is 2.61. The number of hydrogen-bond acceptors (Lipinski definition) is 4. The van der Waals surface area contributed by atoms with Gasteiger partial charge in [-0.05, 0) is 12.1 Å². The Morgan fingerprint density at radius 1 is 1.54 bits per heavy atom. The van der Waals surface area contributed by atoms with Gasteiger partial charge in [-0.15, -0.1) is 5.12 Å². The first-order chi connectivity index (χ1) is 6.22. The van der Waals surface area contributed by atoms with Gasteiger partial charge in [-0.2, -0.15) is 10.3 Å². The van der Waals surface area contributed by atoms with Crippen molar-refractivity contribution >= 4 is 11.4 Å². The van der Waals surface area contributed by atoms with Crippen LogP contribution in [0.15, 0.2) is 18.2 Å². The number of hydrogen-bond donors (Lipinski definition) is 1. The summed E-state index contributed by atoms with van der Waals surface area (Å²) >= 11 is 0. The van der Waals surface area contributed by atoms with Gasteiger partial charge in [0.25, 0.3) is 0 Å². The molecule has 0 saturated heterocycles. The quantitative estimate of drug-likeness (QED) is 0.608. The molecule has 1 heterocycles. The minimum Gasteiger partial charge on any atom is -0.298 e. The van der Waals surface area contributed by atoms with Crippen LogP contribution in [-0.2, 0) is 0 Å². The molecule has 1 aliphatic rings. The minimum absolute atomic E-state index is 0.320. The number of anilines is 2. The molecule has 5 heteroatoms. The van der Waals surface area contributed by atoms with E-state index in [9.17, 15) is 4.39 Å². The van der Waals surface area contributed by atoms with Gasteiger partial charge in [-0.3, -0.25) is 5.43 Å². The Morgan fingerprint density at radius 2 is 2.31 bits per heavy atom. The lowest BCUT2D eigenvalue weighted by Gasteiger charge is -2.15. The average Bonchev–Trinajstić information content (AvgIpc) is 2.39. The first-order valence-corrected chi connectivity index (χ1v) is 3.72. The maximum absolute atomic E-state index is 12.8. The zero-order chi connectivity index (χ0) is 9.42. The third-order valence-electron chi connectivity index (χ3n) is 1.86. The molecule has 1 aromatic rings. The van der Waals surface area contributed by atoms with Crippen LogP contribution in [0.5, 0.6) is 0 Å². The Kier molecular flexibility index (Phi) is 1.57. The van der Waals surface area contributed by atoms with Gasteiger partial charge >= 0.3 is 0 Å². The third kappa shape index (κ3) is 1.08. The summed E-state index contributed by atoms with van der Waals surface area (Å²) in [6.45, 7) is 0. The largest absolute Gasteiger partial charge is 0.298 e. The molecule has 0 fully saturated rings. The van der Waals surface area contributed by atoms with Crippen LogP contribution in [0, 0.1) is 17.3 Å². The molecule has 0 spiro atoms. The van der Waals surface area contributed by atoms with Gasteiger partial charge in [0.15, 0.2) is 0 Å². The summed E-state index contributed by atoms with van der Waals surface area (Å²) in [7, 11) is 1.68. The predicted octanol–water partition coefficient (Wildman–Crippen LogP) is 1.30. The Balaban J connectivity index is 2.50. The van der Waals surface area contributed by atoms with Crippen LogP contribution < -0.4 is 10.4 Å². The summed E-state index contributed by atoms with van der Waals surface area (Å²) in [6, 6.07) is 4.23. The number of fused-ring (bicyclic) bond motifs is 1. The summed E-state index contributed by atoms with van der Waals surface area (Å²) in [5.74, 6) is -0.320. The van der Waals surface area contributed by atoms with Gasteiger partial charge < -0.3 is 0 Å². The van der Waals surface area contributed by atoms with Crippen LogP contribution in [0.1, 0.15) is 0 Å². The van der Waals surface area contributed by atoms with Crippen molar-refractivity contribution < 1.29 is 4.39 Å². The molecule has 4 nitrogen and oxygen atoms in total. The molecule has 1 N–H and O–H groups in total. The molecule has 1 aromatic carbocycles. The molecule has 0 atom stereocenters. The Bertz CT molecular complexity index is 384. The average molecular weight is 178 g/mol. The molecule has 13 heavy (non-hydrogen) atoms. The van der Waals surface area contributed by atoms with Gasteiger partial charge in [-0.1, -0.05) is 0 Å². The van der Waals surface area contributed by atoms with E-state index in [2.05, 4.69) is 5.43 Å². The summed E-state index contributed by atoms with van der Waals surface area (Å²) in [6.07, 6.45) is 1.96. The monoisotopic (exact) mass is 178 g/mol. The van der Waals surface area contributed by atoms with Gasteiger partial charge in [0, 0.05) is 13.1 Å². The van der Waals surface area contributed by atoms with Crippen LogP contribution in [-0.4, -0.2) is 12.2 Å². The van der Waals surface area contributed by atoms with E-state index in [1.165, 1.54) is 22.3 Å². The molecule has 0 aliphatic carbocycles. The van der Waals surface area contributed by atoms with E-state index in [-0.39, 0.29) is 5.82 Å². The number of halogens is 1. The molecule has 0 unspecified atom stereocenters. The SMILES string of the molecule is CN1Nc2cc(F)ccc2N1C#N. The standard InChI is InChI=1S/C8H7FN4/c1-12-11-7-4-6(9)2-3-8(7)13(12)5-10/h2-4,11H,1H3. The maximum Gasteiger partial charge on any atom is 0.202 e. The van der Waals surface area contributed by atoms with E-state index in [0.29, 0.717) is 11.4 Å². The van der Waals surface area contributed by atoms with E-state index >= 15 is 0 Å². The van der Waals surface area contributed by atoms with E-state index in [1.807, 2.05) is 6.19 Å².